The normalized spacial score (nSPS) is 34.9. The van der Waals surface area contributed by atoms with E-state index in [0.29, 0.717) is 24.9 Å². The summed E-state index contributed by atoms with van der Waals surface area (Å²) in [6.45, 7) is 3.38. The van der Waals surface area contributed by atoms with Gasteiger partial charge in [0.2, 0.25) is 0 Å². The number of hydrogen-bond acceptors (Lipinski definition) is 3. The number of rotatable bonds is 6. The van der Waals surface area contributed by atoms with Gasteiger partial charge in [0.1, 0.15) is 0 Å². The summed E-state index contributed by atoms with van der Waals surface area (Å²) in [5.41, 5.74) is 1.80. The molecule has 4 aliphatic rings. The fraction of sp³-hybridized carbons (Fsp3) is 0.667. The van der Waals surface area contributed by atoms with E-state index in [-0.39, 0.29) is 6.10 Å². The average molecular weight is 325 g/mol. The molecule has 1 aromatic rings. The third-order valence-corrected chi connectivity index (χ3v) is 6.28. The maximum absolute atomic E-state index is 8.83. The molecule has 0 aliphatic heterocycles. The summed E-state index contributed by atoms with van der Waals surface area (Å²) in [5, 5.41) is 8.83. The first-order valence-electron chi connectivity index (χ1n) is 9.43. The zero-order valence-corrected chi connectivity index (χ0v) is 14.5. The molecule has 4 aliphatic carbocycles. The van der Waals surface area contributed by atoms with Crippen molar-refractivity contribution in [1.82, 2.24) is 0 Å². The molecule has 3 heteroatoms. The van der Waals surface area contributed by atoms with Gasteiger partial charge in [-0.1, -0.05) is 12.1 Å². The van der Waals surface area contributed by atoms with Crippen LogP contribution in [0.1, 0.15) is 50.2 Å². The van der Waals surface area contributed by atoms with Crippen molar-refractivity contribution in [3.63, 3.8) is 0 Å². The predicted molar refractivity (Wildman–Crippen MR) is 92.2 cm³/mol. The van der Waals surface area contributed by atoms with Gasteiger partial charge in [-0.2, -0.15) is 5.26 Å². The van der Waals surface area contributed by atoms with Crippen LogP contribution in [-0.4, -0.2) is 18.8 Å². The first-order chi connectivity index (χ1) is 11.7. The molecule has 1 atom stereocenters. The van der Waals surface area contributed by atoms with Crippen molar-refractivity contribution in [1.29, 1.82) is 5.26 Å². The Morgan fingerprint density at radius 3 is 2.25 bits per heavy atom. The molecule has 1 aromatic carbocycles. The maximum Gasteiger partial charge on any atom is 0.0991 e. The van der Waals surface area contributed by atoms with Gasteiger partial charge in [-0.25, -0.2) is 0 Å². The SMILES string of the molecule is CC(COC1C2CC3CC(C2)CC1C3)OCc1ccc(C#N)cc1. The lowest BCUT2D eigenvalue weighted by atomic mass is 9.55. The Hall–Kier alpha value is -1.37. The number of nitriles is 1. The second kappa shape index (κ2) is 6.86. The molecule has 0 N–H and O–H groups in total. The predicted octanol–water partition coefficient (Wildman–Crippen LogP) is 4.30. The molecule has 24 heavy (non-hydrogen) atoms. The number of ether oxygens (including phenoxy) is 2. The standard InChI is InChI=1S/C21H27NO2/c1-14(23-13-16-4-2-15(11-22)3-5-16)12-24-21-19-7-17-6-18(9-19)10-20(21)8-17/h2-5,14,17-21H,6-10,12-13H2,1H3. The highest BCUT2D eigenvalue weighted by molar-refractivity contribution is 5.31. The molecular weight excluding hydrogens is 298 g/mol. The molecule has 0 amide bonds. The summed E-state index contributed by atoms with van der Waals surface area (Å²) in [6.07, 6.45) is 7.69. The van der Waals surface area contributed by atoms with E-state index in [4.69, 9.17) is 14.7 Å². The summed E-state index contributed by atoms with van der Waals surface area (Å²) in [4.78, 5) is 0. The third kappa shape index (κ3) is 3.36. The van der Waals surface area contributed by atoms with Crippen LogP contribution in [0.25, 0.3) is 0 Å². The Bertz CT molecular complexity index is 575. The Morgan fingerprint density at radius 2 is 1.67 bits per heavy atom. The minimum Gasteiger partial charge on any atom is -0.375 e. The number of nitrogens with zero attached hydrogens (tertiary/aromatic N) is 1. The van der Waals surface area contributed by atoms with Crippen LogP contribution in [0.5, 0.6) is 0 Å². The summed E-state index contributed by atoms with van der Waals surface area (Å²) in [5.74, 6) is 3.62. The lowest BCUT2D eigenvalue weighted by molar-refractivity contribution is -0.144. The minimum absolute atomic E-state index is 0.109. The van der Waals surface area contributed by atoms with Gasteiger partial charge in [-0.3, -0.25) is 0 Å². The summed E-state index contributed by atoms with van der Waals surface area (Å²) < 4.78 is 12.3. The molecule has 1 unspecified atom stereocenters. The van der Waals surface area contributed by atoms with Crippen LogP contribution in [0.4, 0.5) is 0 Å². The number of benzene rings is 1. The molecule has 4 saturated carbocycles. The van der Waals surface area contributed by atoms with Crippen molar-refractivity contribution in [3.8, 4) is 6.07 Å². The molecule has 0 spiro atoms. The molecule has 0 radical (unpaired) electrons. The topological polar surface area (TPSA) is 42.2 Å². The quantitative estimate of drug-likeness (QED) is 0.783. The van der Waals surface area contributed by atoms with Gasteiger partial charge in [0.15, 0.2) is 0 Å². The van der Waals surface area contributed by atoms with Gasteiger partial charge in [0.05, 0.1) is 37.1 Å². The Labute approximate surface area is 145 Å². The Morgan fingerprint density at radius 1 is 1.04 bits per heavy atom. The summed E-state index contributed by atoms with van der Waals surface area (Å²) in [6, 6.07) is 9.75. The van der Waals surface area contributed by atoms with Crippen LogP contribution in [0.15, 0.2) is 24.3 Å². The Balaban J connectivity index is 1.23. The van der Waals surface area contributed by atoms with Crippen molar-refractivity contribution < 1.29 is 9.47 Å². The molecule has 4 fully saturated rings. The summed E-state index contributed by atoms with van der Waals surface area (Å²) >= 11 is 0. The van der Waals surface area contributed by atoms with E-state index in [1.807, 2.05) is 24.3 Å². The van der Waals surface area contributed by atoms with E-state index >= 15 is 0 Å². The van der Waals surface area contributed by atoms with Crippen molar-refractivity contribution in [2.75, 3.05) is 6.61 Å². The van der Waals surface area contributed by atoms with Gasteiger partial charge < -0.3 is 9.47 Å². The highest BCUT2D eigenvalue weighted by atomic mass is 16.5. The monoisotopic (exact) mass is 325 g/mol. The molecule has 3 nitrogen and oxygen atoms in total. The average Bonchev–Trinajstić information content (AvgIpc) is 2.59. The first kappa shape index (κ1) is 16.1. The first-order valence-corrected chi connectivity index (χ1v) is 9.43. The minimum atomic E-state index is 0.109. The highest BCUT2D eigenvalue weighted by Crippen LogP contribution is 2.54. The maximum atomic E-state index is 8.83. The molecule has 0 heterocycles. The molecule has 0 saturated heterocycles. The van der Waals surface area contributed by atoms with E-state index in [0.717, 1.165) is 29.2 Å². The van der Waals surface area contributed by atoms with E-state index in [1.165, 1.54) is 32.1 Å². The molecular formula is C21H27NO2. The fourth-order valence-corrected chi connectivity index (χ4v) is 5.36. The van der Waals surface area contributed by atoms with Crippen molar-refractivity contribution in [2.45, 2.75) is 57.8 Å². The van der Waals surface area contributed by atoms with Crippen LogP contribution in [0, 0.1) is 35.0 Å². The summed E-state index contributed by atoms with van der Waals surface area (Å²) in [7, 11) is 0. The third-order valence-electron chi connectivity index (χ3n) is 6.28. The fourth-order valence-electron chi connectivity index (χ4n) is 5.36. The zero-order valence-electron chi connectivity index (χ0n) is 14.5. The second-order valence-electron chi connectivity index (χ2n) is 8.16. The Kier molecular flexibility index (Phi) is 4.61. The largest absolute Gasteiger partial charge is 0.375 e. The van der Waals surface area contributed by atoms with Gasteiger partial charge in [-0.05, 0) is 80.4 Å². The van der Waals surface area contributed by atoms with Crippen LogP contribution in [-0.2, 0) is 16.1 Å². The zero-order chi connectivity index (χ0) is 16.5. The molecule has 128 valence electrons. The van der Waals surface area contributed by atoms with Crippen molar-refractivity contribution >= 4 is 0 Å². The molecule has 0 aromatic heterocycles. The van der Waals surface area contributed by atoms with E-state index in [1.54, 1.807) is 0 Å². The van der Waals surface area contributed by atoms with Crippen molar-refractivity contribution in [3.05, 3.63) is 35.4 Å². The van der Waals surface area contributed by atoms with Crippen LogP contribution >= 0.6 is 0 Å². The number of hydrogen-bond donors (Lipinski definition) is 0. The second-order valence-corrected chi connectivity index (χ2v) is 8.16. The van der Waals surface area contributed by atoms with E-state index < -0.39 is 0 Å². The highest BCUT2D eigenvalue weighted by Gasteiger charge is 2.48. The van der Waals surface area contributed by atoms with Gasteiger partial charge in [0, 0.05) is 0 Å². The lowest BCUT2D eigenvalue weighted by Crippen LogP contribution is -2.49. The van der Waals surface area contributed by atoms with E-state index in [9.17, 15) is 0 Å². The van der Waals surface area contributed by atoms with Crippen LogP contribution in [0.2, 0.25) is 0 Å². The van der Waals surface area contributed by atoms with Gasteiger partial charge >= 0.3 is 0 Å². The molecule has 5 rings (SSSR count). The molecule has 4 bridgehead atoms. The van der Waals surface area contributed by atoms with E-state index in [2.05, 4.69) is 13.0 Å². The van der Waals surface area contributed by atoms with Crippen LogP contribution < -0.4 is 0 Å². The van der Waals surface area contributed by atoms with Crippen LogP contribution in [0.3, 0.4) is 0 Å². The smallest absolute Gasteiger partial charge is 0.0991 e. The van der Waals surface area contributed by atoms with Gasteiger partial charge in [-0.15, -0.1) is 0 Å². The van der Waals surface area contributed by atoms with Gasteiger partial charge in [0.25, 0.3) is 0 Å². The van der Waals surface area contributed by atoms with Crippen molar-refractivity contribution in [2.24, 2.45) is 23.7 Å². The lowest BCUT2D eigenvalue weighted by Gasteiger charge is -2.54.